The summed E-state index contributed by atoms with van der Waals surface area (Å²) in [4.78, 5) is 0. The van der Waals surface area contributed by atoms with Gasteiger partial charge in [0.2, 0.25) is 0 Å². The first kappa shape index (κ1) is 7.30. The summed E-state index contributed by atoms with van der Waals surface area (Å²) < 4.78 is 0. The molecule has 0 bridgehead atoms. The second-order valence-corrected chi connectivity index (χ2v) is 1.60. The zero-order valence-electron chi connectivity index (χ0n) is 5.41. The van der Waals surface area contributed by atoms with E-state index < -0.39 is 0 Å². The normalized spacial score (nSPS) is 7.12. The number of unbranched alkanes of at least 4 members (excludes halogenated alkanes) is 1. The summed E-state index contributed by atoms with van der Waals surface area (Å²) in [5.41, 5.74) is 0. The second-order valence-electron chi connectivity index (χ2n) is 1.60. The first-order chi connectivity index (χ1) is 3.91. The standard InChI is InChI=1S/C8H12/c1-3-5-7-8-6-4-2/h3H,1,4-6H2,2H3. The lowest BCUT2D eigenvalue weighted by atomic mass is 10.3. The van der Waals surface area contributed by atoms with Gasteiger partial charge in [-0.25, -0.2) is 0 Å². The fraction of sp³-hybridized carbons (Fsp3) is 0.500. The highest BCUT2D eigenvalue weighted by Crippen LogP contribution is 1.82. The molecule has 0 atom stereocenters. The van der Waals surface area contributed by atoms with E-state index >= 15 is 0 Å². The predicted octanol–water partition coefficient (Wildman–Crippen LogP) is 2.37. The maximum absolute atomic E-state index is 3.56. The highest BCUT2D eigenvalue weighted by atomic mass is 13.7. The average molecular weight is 108 g/mol. The molecular weight excluding hydrogens is 96.1 g/mol. The Bertz CT molecular complexity index is 101. The fourth-order valence-corrected chi connectivity index (χ4v) is 0.358. The molecule has 0 heteroatoms. The molecule has 0 aromatic carbocycles. The Balaban J connectivity index is 3.07. The van der Waals surface area contributed by atoms with Crippen LogP contribution in [-0.2, 0) is 0 Å². The molecule has 0 nitrogen and oxygen atoms in total. The van der Waals surface area contributed by atoms with Crippen LogP contribution in [0.4, 0.5) is 0 Å². The minimum atomic E-state index is 0.833. The molecule has 0 fully saturated rings. The molecule has 0 unspecified atom stereocenters. The quantitative estimate of drug-likeness (QED) is 0.376. The van der Waals surface area contributed by atoms with Crippen LogP contribution in [0.2, 0.25) is 0 Å². The van der Waals surface area contributed by atoms with Gasteiger partial charge in [-0.05, 0) is 6.42 Å². The molecule has 0 N–H and O–H groups in total. The van der Waals surface area contributed by atoms with Crippen molar-refractivity contribution in [3.05, 3.63) is 12.7 Å². The van der Waals surface area contributed by atoms with Gasteiger partial charge in [0.25, 0.3) is 0 Å². The molecule has 0 aliphatic rings. The van der Waals surface area contributed by atoms with Crippen LogP contribution in [0.25, 0.3) is 0 Å². The van der Waals surface area contributed by atoms with Gasteiger partial charge in [0, 0.05) is 12.8 Å². The van der Waals surface area contributed by atoms with Crippen molar-refractivity contribution in [2.75, 3.05) is 0 Å². The molecule has 0 heterocycles. The zero-order chi connectivity index (χ0) is 6.24. The molecule has 0 spiro atoms. The second kappa shape index (κ2) is 6.30. The van der Waals surface area contributed by atoms with Gasteiger partial charge < -0.3 is 0 Å². The van der Waals surface area contributed by atoms with Crippen molar-refractivity contribution in [3.8, 4) is 11.8 Å². The maximum Gasteiger partial charge on any atom is 0.0267 e. The van der Waals surface area contributed by atoms with Crippen LogP contribution in [0.1, 0.15) is 26.2 Å². The molecule has 0 radical (unpaired) electrons. The monoisotopic (exact) mass is 108 g/mol. The van der Waals surface area contributed by atoms with Crippen LogP contribution in [-0.4, -0.2) is 0 Å². The van der Waals surface area contributed by atoms with Crippen LogP contribution in [0.3, 0.4) is 0 Å². The number of hydrogen-bond donors (Lipinski definition) is 0. The summed E-state index contributed by atoms with van der Waals surface area (Å²) in [5.74, 6) is 5.98. The lowest BCUT2D eigenvalue weighted by Gasteiger charge is -1.75. The average Bonchev–Trinajstić information content (AvgIpc) is 1.81. The Morgan fingerprint density at radius 2 is 2.25 bits per heavy atom. The van der Waals surface area contributed by atoms with Gasteiger partial charge in [0.05, 0.1) is 0 Å². The van der Waals surface area contributed by atoms with Crippen molar-refractivity contribution >= 4 is 0 Å². The van der Waals surface area contributed by atoms with Crippen LogP contribution in [0, 0.1) is 11.8 Å². The summed E-state index contributed by atoms with van der Waals surface area (Å²) in [6, 6.07) is 0. The van der Waals surface area contributed by atoms with E-state index in [-0.39, 0.29) is 0 Å². The predicted molar refractivity (Wildman–Crippen MR) is 37.5 cm³/mol. The Kier molecular flexibility index (Phi) is 5.75. The summed E-state index contributed by atoms with van der Waals surface area (Å²) in [7, 11) is 0. The Morgan fingerprint density at radius 1 is 1.50 bits per heavy atom. The highest BCUT2D eigenvalue weighted by molar-refractivity contribution is 5.02. The summed E-state index contributed by atoms with van der Waals surface area (Å²) in [6.07, 6.45) is 4.83. The lowest BCUT2D eigenvalue weighted by molar-refractivity contribution is 0.982. The minimum Gasteiger partial charge on any atom is -0.103 e. The van der Waals surface area contributed by atoms with E-state index in [1.165, 1.54) is 0 Å². The smallest absolute Gasteiger partial charge is 0.0267 e. The van der Waals surface area contributed by atoms with Gasteiger partial charge >= 0.3 is 0 Å². The van der Waals surface area contributed by atoms with E-state index in [1.807, 2.05) is 6.08 Å². The summed E-state index contributed by atoms with van der Waals surface area (Å²) in [6.45, 7) is 5.68. The number of rotatable bonds is 2. The molecule has 8 heavy (non-hydrogen) atoms. The van der Waals surface area contributed by atoms with Crippen molar-refractivity contribution in [1.82, 2.24) is 0 Å². The lowest BCUT2D eigenvalue weighted by Crippen LogP contribution is -1.60. The molecule has 0 aliphatic carbocycles. The minimum absolute atomic E-state index is 0.833. The van der Waals surface area contributed by atoms with Crippen LogP contribution in [0.15, 0.2) is 12.7 Å². The molecule has 0 saturated heterocycles. The topological polar surface area (TPSA) is 0 Å². The Hall–Kier alpha value is -0.700. The first-order valence-electron chi connectivity index (χ1n) is 2.98. The summed E-state index contributed by atoms with van der Waals surface area (Å²) in [5, 5.41) is 0. The van der Waals surface area contributed by atoms with Crippen molar-refractivity contribution in [3.63, 3.8) is 0 Å². The van der Waals surface area contributed by atoms with Gasteiger partial charge in [-0.15, -0.1) is 12.5 Å². The van der Waals surface area contributed by atoms with Crippen molar-refractivity contribution < 1.29 is 0 Å². The van der Waals surface area contributed by atoms with Crippen molar-refractivity contribution in [1.29, 1.82) is 0 Å². The largest absolute Gasteiger partial charge is 0.103 e. The zero-order valence-corrected chi connectivity index (χ0v) is 5.41. The van der Waals surface area contributed by atoms with Gasteiger partial charge in [-0.1, -0.05) is 18.9 Å². The van der Waals surface area contributed by atoms with E-state index in [1.54, 1.807) is 0 Å². The third-order valence-electron chi connectivity index (χ3n) is 0.746. The maximum atomic E-state index is 3.56. The van der Waals surface area contributed by atoms with E-state index in [9.17, 15) is 0 Å². The van der Waals surface area contributed by atoms with Gasteiger partial charge in [-0.2, -0.15) is 0 Å². The van der Waals surface area contributed by atoms with E-state index in [0.717, 1.165) is 19.3 Å². The van der Waals surface area contributed by atoms with Crippen molar-refractivity contribution in [2.24, 2.45) is 0 Å². The third-order valence-corrected chi connectivity index (χ3v) is 0.746. The van der Waals surface area contributed by atoms with Crippen LogP contribution >= 0.6 is 0 Å². The molecule has 0 aliphatic heterocycles. The molecular formula is C8H12. The highest BCUT2D eigenvalue weighted by Gasteiger charge is 1.67. The van der Waals surface area contributed by atoms with Crippen molar-refractivity contribution in [2.45, 2.75) is 26.2 Å². The number of allylic oxidation sites excluding steroid dienone is 1. The van der Waals surface area contributed by atoms with Gasteiger partial charge in [0.15, 0.2) is 0 Å². The first-order valence-corrected chi connectivity index (χ1v) is 2.98. The SMILES string of the molecule is C=CCC#CCCC. The Morgan fingerprint density at radius 3 is 2.75 bits per heavy atom. The van der Waals surface area contributed by atoms with E-state index in [4.69, 9.17) is 0 Å². The van der Waals surface area contributed by atoms with Crippen LogP contribution in [0.5, 0.6) is 0 Å². The van der Waals surface area contributed by atoms with Gasteiger partial charge in [0.1, 0.15) is 0 Å². The van der Waals surface area contributed by atoms with E-state index in [2.05, 4.69) is 25.3 Å². The third kappa shape index (κ3) is 5.30. The molecule has 0 rings (SSSR count). The molecule has 0 amide bonds. The molecule has 0 aromatic rings. The fourth-order valence-electron chi connectivity index (χ4n) is 0.358. The molecule has 0 aromatic heterocycles. The molecule has 0 saturated carbocycles. The van der Waals surface area contributed by atoms with E-state index in [0.29, 0.717) is 0 Å². The Labute approximate surface area is 51.6 Å². The van der Waals surface area contributed by atoms with Gasteiger partial charge in [-0.3, -0.25) is 0 Å². The summed E-state index contributed by atoms with van der Waals surface area (Å²) >= 11 is 0. The molecule has 44 valence electrons. The number of hydrogen-bond acceptors (Lipinski definition) is 0. The van der Waals surface area contributed by atoms with Crippen LogP contribution < -0.4 is 0 Å².